The van der Waals surface area contributed by atoms with Crippen LogP contribution in [0.2, 0.25) is 0 Å². The van der Waals surface area contributed by atoms with E-state index >= 15 is 0 Å². The van der Waals surface area contributed by atoms with Crippen molar-refractivity contribution in [2.75, 3.05) is 32.5 Å². The van der Waals surface area contributed by atoms with Crippen molar-refractivity contribution in [3.05, 3.63) is 29.8 Å². The third kappa shape index (κ3) is 5.31. The molecule has 2 aromatic rings. The number of nitrogens with zero attached hydrogens (tertiary/aromatic N) is 5. The summed E-state index contributed by atoms with van der Waals surface area (Å²) in [6, 6.07) is 0. The number of hydrogen-bond acceptors (Lipinski definition) is 4. The van der Waals surface area contributed by atoms with Gasteiger partial charge in [0, 0.05) is 30.5 Å². The van der Waals surface area contributed by atoms with Crippen molar-refractivity contribution in [2.24, 2.45) is 0 Å². The maximum absolute atomic E-state index is 5.31. The summed E-state index contributed by atoms with van der Waals surface area (Å²) in [6.07, 6.45) is 6.70. The highest BCUT2D eigenvalue weighted by Gasteiger charge is 2.07. The van der Waals surface area contributed by atoms with Gasteiger partial charge >= 0.3 is 0 Å². The molecule has 0 unspecified atom stereocenters. The Hall–Kier alpha value is -1.93. The standard InChI is InChI=1S/C16H27N7S/c1-5-23-13(2)14(9-19-23)11-22-12-15(10-18-22)20-16(24)17-7-6-8-21(3)4/h9-10,12H,5-8,11H2,1-4H3,(H2,17,20,24). The van der Waals surface area contributed by atoms with Crippen LogP contribution in [0, 0.1) is 6.92 Å². The van der Waals surface area contributed by atoms with Crippen LogP contribution >= 0.6 is 12.2 Å². The monoisotopic (exact) mass is 349 g/mol. The van der Waals surface area contributed by atoms with E-state index in [1.165, 1.54) is 11.3 Å². The maximum atomic E-state index is 5.31. The highest BCUT2D eigenvalue weighted by Crippen LogP contribution is 2.11. The van der Waals surface area contributed by atoms with Crippen molar-refractivity contribution in [2.45, 2.75) is 33.4 Å². The fourth-order valence-electron chi connectivity index (χ4n) is 2.42. The highest BCUT2D eigenvalue weighted by molar-refractivity contribution is 7.80. The Morgan fingerprint density at radius 3 is 2.75 bits per heavy atom. The molecule has 0 radical (unpaired) electrons. The first-order valence-corrected chi connectivity index (χ1v) is 8.63. The van der Waals surface area contributed by atoms with Crippen LogP contribution in [0.25, 0.3) is 0 Å². The minimum atomic E-state index is 0.628. The number of hydrogen-bond donors (Lipinski definition) is 2. The smallest absolute Gasteiger partial charge is 0.170 e. The van der Waals surface area contributed by atoms with E-state index in [1.54, 1.807) is 6.20 Å². The van der Waals surface area contributed by atoms with Crippen LogP contribution in [-0.4, -0.2) is 56.8 Å². The van der Waals surface area contributed by atoms with Gasteiger partial charge in [-0.15, -0.1) is 0 Å². The van der Waals surface area contributed by atoms with Crippen LogP contribution in [-0.2, 0) is 13.1 Å². The van der Waals surface area contributed by atoms with Crippen molar-refractivity contribution >= 4 is 23.0 Å². The Labute approximate surface area is 149 Å². The lowest BCUT2D eigenvalue weighted by atomic mass is 10.2. The molecule has 0 saturated carbocycles. The predicted molar refractivity (Wildman–Crippen MR) is 101 cm³/mol. The summed E-state index contributed by atoms with van der Waals surface area (Å²) in [7, 11) is 4.13. The van der Waals surface area contributed by atoms with Gasteiger partial charge in [0.1, 0.15) is 0 Å². The quantitative estimate of drug-likeness (QED) is 0.559. The van der Waals surface area contributed by atoms with E-state index in [1.807, 2.05) is 21.8 Å². The Bertz CT molecular complexity index is 659. The molecule has 0 amide bonds. The van der Waals surface area contributed by atoms with E-state index in [2.05, 4.69) is 53.7 Å². The van der Waals surface area contributed by atoms with Crippen molar-refractivity contribution in [3.8, 4) is 0 Å². The molecule has 24 heavy (non-hydrogen) atoms. The van der Waals surface area contributed by atoms with Gasteiger partial charge in [-0.3, -0.25) is 9.36 Å². The summed E-state index contributed by atoms with van der Waals surface area (Å²) < 4.78 is 3.88. The molecule has 132 valence electrons. The second kappa shape index (κ2) is 8.79. The zero-order valence-electron chi connectivity index (χ0n) is 14.9. The molecule has 0 atom stereocenters. The molecular formula is C16H27N7S. The molecule has 2 N–H and O–H groups in total. The lowest BCUT2D eigenvalue weighted by Crippen LogP contribution is -2.30. The summed E-state index contributed by atoms with van der Waals surface area (Å²) in [5.41, 5.74) is 3.25. The van der Waals surface area contributed by atoms with E-state index in [0.717, 1.165) is 31.7 Å². The molecule has 0 aliphatic carbocycles. The molecule has 0 aliphatic heterocycles. The normalized spacial score (nSPS) is 11.0. The molecule has 0 spiro atoms. The summed E-state index contributed by atoms with van der Waals surface area (Å²) in [5.74, 6) is 0. The van der Waals surface area contributed by atoms with Crippen LogP contribution < -0.4 is 10.6 Å². The van der Waals surface area contributed by atoms with Crippen LogP contribution in [0.4, 0.5) is 5.69 Å². The largest absolute Gasteiger partial charge is 0.362 e. The minimum absolute atomic E-state index is 0.628. The molecule has 0 saturated heterocycles. The van der Waals surface area contributed by atoms with Gasteiger partial charge in [0.2, 0.25) is 0 Å². The fourth-order valence-corrected chi connectivity index (χ4v) is 2.64. The summed E-state index contributed by atoms with van der Waals surface area (Å²) in [4.78, 5) is 2.16. The second-order valence-corrected chi connectivity index (χ2v) is 6.44. The number of nitrogens with one attached hydrogen (secondary N) is 2. The van der Waals surface area contributed by atoms with Gasteiger partial charge in [-0.2, -0.15) is 10.2 Å². The first kappa shape index (κ1) is 18.4. The molecule has 7 nitrogen and oxygen atoms in total. The SMILES string of the molecule is CCn1ncc(Cn2cc(NC(=S)NCCCN(C)C)cn2)c1C. The van der Waals surface area contributed by atoms with Crippen LogP contribution in [0.15, 0.2) is 18.6 Å². The van der Waals surface area contributed by atoms with E-state index in [-0.39, 0.29) is 0 Å². The van der Waals surface area contributed by atoms with E-state index in [0.29, 0.717) is 11.7 Å². The van der Waals surface area contributed by atoms with Gasteiger partial charge < -0.3 is 15.5 Å². The molecule has 2 aromatic heterocycles. The van der Waals surface area contributed by atoms with E-state index in [9.17, 15) is 0 Å². The van der Waals surface area contributed by atoms with Gasteiger partial charge in [0.15, 0.2) is 5.11 Å². The Morgan fingerprint density at radius 1 is 1.29 bits per heavy atom. The van der Waals surface area contributed by atoms with Gasteiger partial charge in [0.25, 0.3) is 0 Å². The lowest BCUT2D eigenvalue weighted by molar-refractivity contribution is 0.400. The molecule has 0 aromatic carbocycles. The van der Waals surface area contributed by atoms with Gasteiger partial charge in [-0.25, -0.2) is 0 Å². The predicted octanol–water partition coefficient (Wildman–Crippen LogP) is 1.69. The third-order valence-corrected chi connectivity index (χ3v) is 4.04. The zero-order valence-corrected chi connectivity index (χ0v) is 15.7. The van der Waals surface area contributed by atoms with Gasteiger partial charge in [-0.1, -0.05) is 0 Å². The molecular weight excluding hydrogens is 322 g/mol. The second-order valence-electron chi connectivity index (χ2n) is 6.04. The topological polar surface area (TPSA) is 62.9 Å². The van der Waals surface area contributed by atoms with Crippen molar-refractivity contribution in [1.29, 1.82) is 0 Å². The molecule has 2 rings (SSSR count). The van der Waals surface area contributed by atoms with Gasteiger partial charge in [-0.05, 0) is 53.1 Å². The number of aromatic nitrogens is 4. The van der Waals surface area contributed by atoms with Crippen molar-refractivity contribution in [1.82, 2.24) is 29.8 Å². The average Bonchev–Trinajstić information content (AvgIpc) is 3.11. The third-order valence-electron chi connectivity index (χ3n) is 3.80. The fraction of sp³-hybridized carbons (Fsp3) is 0.562. The number of anilines is 1. The van der Waals surface area contributed by atoms with Crippen LogP contribution in [0.3, 0.4) is 0 Å². The molecule has 0 aliphatic rings. The van der Waals surface area contributed by atoms with Crippen molar-refractivity contribution < 1.29 is 0 Å². The zero-order chi connectivity index (χ0) is 17.5. The van der Waals surface area contributed by atoms with E-state index in [4.69, 9.17) is 12.2 Å². The minimum Gasteiger partial charge on any atom is -0.362 e. The average molecular weight is 350 g/mol. The Kier molecular flexibility index (Phi) is 6.74. The van der Waals surface area contributed by atoms with Gasteiger partial charge in [0.05, 0.1) is 24.6 Å². The Morgan fingerprint density at radius 2 is 2.08 bits per heavy atom. The number of thiocarbonyl (C=S) groups is 1. The molecule has 0 fully saturated rings. The molecule has 0 bridgehead atoms. The first-order valence-electron chi connectivity index (χ1n) is 8.23. The van der Waals surface area contributed by atoms with Crippen LogP contribution in [0.1, 0.15) is 24.6 Å². The van der Waals surface area contributed by atoms with Crippen LogP contribution in [0.5, 0.6) is 0 Å². The summed E-state index contributed by atoms with van der Waals surface area (Å²) >= 11 is 5.31. The highest BCUT2D eigenvalue weighted by atomic mass is 32.1. The number of rotatable bonds is 8. The van der Waals surface area contributed by atoms with Crippen molar-refractivity contribution in [3.63, 3.8) is 0 Å². The lowest BCUT2D eigenvalue weighted by Gasteiger charge is -2.11. The number of aryl methyl sites for hydroxylation is 1. The first-order chi connectivity index (χ1) is 11.5. The Balaban J connectivity index is 1.82. The summed E-state index contributed by atoms with van der Waals surface area (Å²) in [5, 5.41) is 15.8. The summed E-state index contributed by atoms with van der Waals surface area (Å²) in [6.45, 7) is 7.65. The molecule has 8 heteroatoms. The molecule has 2 heterocycles. The van der Waals surface area contributed by atoms with E-state index < -0.39 is 0 Å². The maximum Gasteiger partial charge on any atom is 0.170 e.